The van der Waals surface area contributed by atoms with Crippen LogP contribution in [0, 0.1) is 13.8 Å². The molecule has 0 aliphatic carbocycles. The minimum Gasteiger partial charge on any atom is -0.371 e. The molecule has 3 rings (SSSR count). The maximum Gasteiger partial charge on any atom is 0.0954 e. The van der Waals surface area contributed by atoms with E-state index in [0.29, 0.717) is 0 Å². The van der Waals surface area contributed by atoms with Crippen LogP contribution < -0.4 is 5.32 Å². The van der Waals surface area contributed by atoms with Gasteiger partial charge in [0, 0.05) is 15.4 Å². The van der Waals surface area contributed by atoms with Gasteiger partial charge in [-0.05, 0) is 48.9 Å². The Bertz CT molecular complexity index is 638. The third-order valence-corrected chi connectivity index (χ3v) is 5.05. The highest BCUT2D eigenvalue weighted by atomic mass is 32.1. The summed E-state index contributed by atoms with van der Waals surface area (Å²) >= 11 is 3.56. The van der Waals surface area contributed by atoms with Crippen LogP contribution in [-0.4, -0.2) is 4.98 Å². The average molecular weight is 300 g/mol. The molecule has 0 aromatic carbocycles. The molecule has 4 heteroatoms. The van der Waals surface area contributed by atoms with Crippen molar-refractivity contribution in [3.63, 3.8) is 0 Å². The number of hydrogen-bond acceptors (Lipinski definition) is 4. The number of aryl methyl sites for hydroxylation is 2. The highest BCUT2D eigenvalue weighted by Crippen LogP contribution is 2.33. The molecule has 0 saturated carbocycles. The van der Waals surface area contributed by atoms with Gasteiger partial charge in [0.05, 0.1) is 17.4 Å². The molecule has 0 bridgehead atoms. The van der Waals surface area contributed by atoms with Crippen LogP contribution in [-0.2, 0) is 0 Å². The van der Waals surface area contributed by atoms with E-state index in [1.807, 2.05) is 6.92 Å². The summed E-state index contributed by atoms with van der Waals surface area (Å²) < 4.78 is 0. The van der Waals surface area contributed by atoms with Crippen molar-refractivity contribution < 1.29 is 0 Å². The second-order valence-corrected chi connectivity index (χ2v) is 6.65. The lowest BCUT2D eigenvalue weighted by molar-refractivity contribution is 0.976. The maximum atomic E-state index is 4.53. The topological polar surface area (TPSA) is 24.9 Å². The monoisotopic (exact) mass is 300 g/mol. The molecule has 102 valence electrons. The quantitative estimate of drug-likeness (QED) is 0.731. The largest absolute Gasteiger partial charge is 0.371 e. The van der Waals surface area contributed by atoms with Gasteiger partial charge in [-0.1, -0.05) is 12.1 Å². The van der Waals surface area contributed by atoms with Gasteiger partial charge in [-0.3, -0.25) is 4.98 Å². The molecule has 0 unspecified atom stereocenters. The third-order valence-electron chi connectivity index (χ3n) is 3.18. The molecule has 0 aliphatic heterocycles. The minimum absolute atomic E-state index is 0.207. The van der Waals surface area contributed by atoms with E-state index in [0.717, 1.165) is 17.1 Å². The molecule has 0 radical (unpaired) electrons. The molecule has 0 saturated heterocycles. The van der Waals surface area contributed by atoms with Gasteiger partial charge in [-0.15, -0.1) is 22.7 Å². The van der Waals surface area contributed by atoms with E-state index >= 15 is 0 Å². The van der Waals surface area contributed by atoms with E-state index in [1.54, 1.807) is 22.7 Å². The number of anilines is 1. The fourth-order valence-corrected chi connectivity index (χ4v) is 3.85. The molecule has 20 heavy (non-hydrogen) atoms. The highest BCUT2D eigenvalue weighted by Gasteiger charge is 2.17. The first kappa shape index (κ1) is 13.3. The van der Waals surface area contributed by atoms with E-state index < -0.39 is 0 Å². The first-order valence-electron chi connectivity index (χ1n) is 6.51. The summed E-state index contributed by atoms with van der Waals surface area (Å²) in [6, 6.07) is 12.9. The SMILES string of the molecule is Cc1ccc(NC(c2cccs2)c2cccs2)c(C)n1. The van der Waals surface area contributed by atoms with Crippen molar-refractivity contribution in [2.24, 2.45) is 0 Å². The van der Waals surface area contributed by atoms with Gasteiger partial charge in [0.1, 0.15) is 0 Å². The molecular formula is C16H16N2S2. The molecule has 0 amide bonds. The van der Waals surface area contributed by atoms with Crippen molar-refractivity contribution in [3.8, 4) is 0 Å². The molecule has 0 spiro atoms. The summed E-state index contributed by atoms with van der Waals surface area (Å²) in [5, 5.41) is 7.88. The molecule has 1 N–H and O–H groups in total. The van der Waals surface area contributed by atoms with Gasteiger partial charge < -0.3 is 5.32 Å². The van der Waals surface area contributed by atoms with Gasteiger partial charge >= 0.3 is 0 Å². The fourth-order valence-electron chi connectivity index (χ4n) is 2.19. The maximum absolute atomic E-state index is 4.53. The van der Waals surface area contributed by atoms with Crippen LogP contribution >= 0.6 is 22.7 Å². The molecular weight excluding hydrogens is 284 g/mol. The Kier molecular flexibility index (Phi) is 3.85. The summed E-state index contributed by atoms with van der Waals surface area (Å²) in [6.07, 6.45) is 0. The Morgan fingerprint density at radius 3 is 2.10 bits per heavy atom. The Hall–Kier alpha value is -1.65. The smallest absolute Gasteiger partial charge is 0.0954 e. The predicted octanol–water partition coefficient (Wildman–Crippen LogP) is 5.02. The molecule has 0 aliphatic rings. The van der Waals surface area contributed by atoms with Gasteiger partial charge in [0.2, 0.25) is 0 Å². The predicted molar refractivity (Wildman–Crippen MR) is 87.8 cm³/mol. The Labute approximate surface area is 127 Å². The van der Waals surface area contributed by atoms with E-state index in [2.05, 4.69) is 64.4 Å². The summed E-state index contributed by atoms with van der Waals surface area (Å²) in [4.78, 5) is 7.19. The van der Waals surface area contributed by atoms with Crippen molar-refractivity contribution in [3.05, 3.63) is 68.3 Å². The van der Waals surface area contributed by atoms with Crippen LogP contribution in [0.4, 0.5) is 5.69 Å². The lowest BCUT2D eigenvalue weighted by Crippen LogP contribution is -2.11. The first-order chi connectivity index (χ1) is 9.74. The van der Waals surface area contributed by atoms with Crippen molar-refractivity contribution in [1.82, 2.24) is 4.98 Å². The zero-order chi connectivity index (χ0) is 13.9. The van der Waals surface area contributed by atoms with Gasteiger partial charge in [0.25, 0.3) is 0 Å². The minimum atomic E-state index is 0.207. The van der Waals surface area contributed by atoms with Crippen LogP contribution in [0.25, 0.3) is 0 Å². The lowest BCUT2D eigenvalue weighted by Gasteiger charge is -2.19. The Morgan fingerprint density at radius 1 is 0.950 bits per heavy atom. The number of nitrogens with one attached hydrogen (secondary N) is 1. The number of pyridine rings is 1. The molecule has 3 aromatic rings. The van der Waals surface area contributed by atoms with Crippen LogP contribution in [0.3, 0.4) is 0 Å². The molecule has 3 aromatic heterocycles. The van der Waals surface area contributed by atoms with Crippen molar-refractivity contribution in [1.29, 1.82) is 0 Å². The molecule has 3 heterocycles. The van der Waals surface area contributed by atoms with Crippen LogP contribution in [0.15, 0.2) is 47.2 Å². The second kappa shape index (κ2) is 5.77. The lowest BCUT2D eigenvalue weighted by atomic mass is 10.1. The summed E-state index contributed by atoms with van der Waals surface area (Å²) in [5.41, 5.74) is 3.20. The number of rotatable bonds is 4. The zero-order valence-corrected chi connectivity index (χ0v) is 13.1. The van der Waals surface area contributed by atoms with Crippen LogP contribution in [0.5, 0.6) is 0 Å². The van der Waals surface area contributed by atoms with Gasteiger partial charge in [-0.2, -0.15) is 0 Å². The highest BCUT2D eigenvalue weighted by molar-refractivity contribution is 7.11. The van der Waals surface area contributed by atoms with Crippen molar-refractivity contribution >= 4 is 28.4 Å². The molecule has 2 nitrogen and oxygen atoms in total. The normalized spacial score (nSPS) is 10.9. The number of thiophene rings is 2. The zero-order valence-electron chi connectivity index (χ0n) is 11.5. The average Bonchev–Trinajstić information content (AvgIpc) is 3.11. The molecule has 0 atom stereocenters. The van der Waals surface area contributed by atoms with E-state index in [4.69, 9.17) is 0 Å². The van der Waals surface area contributed by atoms with Gasteiger partial charge in [-0.25, -0.2) is 0 Å². The first-order valence-corrected chi connectivity index (χ1v) is 8.27. The summed E-state index contributed by atoms with van der Waals surface area (Å²) in [5.74, 6) is 0. The number of aromatic nitrogens is 1. The number of nitrogens with zero attached hydrogens (tertiary/aromatic N) is 1. The number of hydrogen-bond donors (Lipinski definition) is 1. The third kappa shape index (κ3) is 2.76. The van der Waals surface area contributed by atoms with E-state index in [9.17, 15) is 0 Å². The van der Waals surface area contributed by atoms with Crippen LogP contribution in [0.2, 0.25) is 0 Å². The fraction of sp³-hybridized carbons (Fsp3) is 0.188. The summed E-state index contributed by atoms with van der Waals surface area (Å²) in [7, 11) is 0. The van der Waals surface area contributed by atoms with Crippen molar-refractivity contribution in [2.75, 3.05) is 5.32 Å². The van der Waals surface area contributed by atoms with Crippen molar-refractivity contribution in [2.45, 2.75) is 19.9 Å². The summed E-state index contributed by atoms with van der Waals surface area (Å²) in [6.45, 7) is 4.07. The van der Waals surface area contributed by atoms with Crippen LogP contribution in [0.1, 0.15) is 27.2 Å². The van der Waals surface area contributed by atoms with Gasteiger partial charge in [0.15, 0.2) is 0 Å². The second-order valence-electron chi connectivity index (χ2n) is 4.69. The Balaban J connectivity index is 1.95. The van der Waals surface area contributed by atoms with E-state index in [-0.39, 0.29) is 6.04 Å². The van der Waals surface area contributed by atoms with E-state index in [1.165, 1.54) is 9.75 Å². The standard InChI is InChI=1S/C16H16N2S2/c1-11-7-8-13(12(2)17-11)18-16(14-5-3-9-19-14)15-6-4-10-20-15/h3-10,16,18H,1-2H3. The molecule has 0 fully saturated rings. The Morgan fingerprint density at radius 2 is 1.60 bits per heavy atom.